The first-order chi connectivity index (χ1) is 18.4. The molecule has 1 saturated heterocycles. The van der Waals surface area contributed by atoms with Crippen LogP contribution in [0, 0.1) is 0 Å². The van der Waals surface area contributed by atoms with Gasteiger partial charge in [0.05, 0.1) is 0 Å². The zero-order valence-electron chi connectivity index (χ0n) is 21.9. The number of hydrogen-bond acceptors (Lipinski definition) is 6. The molecule has 0 bridgehead atoms. The third-order valence-electron chi connectivity index (χ3n) is 7.47. The Balaban J connectivity index is 1.43. The normalized spacial score (nSPS) is 14.8. The molecule has 8 heteroatoms. The standard InChI is InChI=1S/C30H31AsN4O3/c1-34(29-32-24-19-26(38-3)25(37-2)18-23(24)27(31)33-29)20-30(22-12-8-5-9-13-22)14-16-35(17-15-30)28(36)21-10-6-4-7-11-21/h4-13,18-19H,14-17,20H2,1-3H3. The van der Waals surface area contributed by atoms with Crippen LogP contribution in [0.15, 0.2) is 72.8 Å². The Bertz CT molecular complexity index is 1420. The van der Waals surface area contributed by atoms with Gasteiger partial charge in [0.2, 0.25) is 0 Å². The van der Waals surface area contributed by atoms with Crippen LogP contribution in [0.1, 0.15) is 28.8 Å². The van der Waals surface area contributed by atoms with Gasteiger partial charge >= 0.3 is 215 Å². The van der Waals surface area contributed by atoms with E-state index in [0.717, 1.165) is 40.3 Å². The molecule has 1 fully saturated rings. The summed E-state index contributed by atoms with van der Waals surface area (Å²) in [6.07, 6.45) is 1.71. The maximum absolute atomic E-state index is 13.1. The van der Waals surface area contributed by atoms with Crippen LogP contribution >= 0.6 is 0 Å². The third kappa shape index (κ3) is 5.08. The summed E-state index contributed by atoms with van der Waals surface area (Å²) in [7, 11) is 5.29. The van der Waals surface area contributed by atoms with Crippen molar-refractivity contribution in [1.82, 2.24) is 14.9 Å². The van der Waals surface area contributed by atoms with E-state index in [2.05, 4.69) is 46.0 Å². The molecular formula is C30H31AsN4O3. The fraction of sp³-hybridized carbons (Fsp3) is 0.300. The van der Waals surface area contributed by atoms with Crippen molar-refractivity contribution in [3.05, 3.63) is 83.9 Å². The van der Waals surface area contributed by atoms with Crippen molar-refractivity contribution in [1.29, 1.82) is 0 Å². The number of likely N-dealkylation sites (tertiary alicyclic amines) is 1. The van der Waals surface area contributed by atoms with E-state index in [9.17, 15) is 4.79 Å². The summed E-state index contributed by atoms with van der Waals surface area (Å²) >= 11 is 2.54. The molecule has 0 saturated carbocycles. The minimum atomic E-state index is -0.137. The van der Waals surface area contributed by atoms with Crippen molar-refractivity contribution in [3.8, 4) is 11.5 Å². The summed E-state index contributed by atoms with van der Waals surface area (Å²) < 4.78 is 11.8. The molecule has 2 heterocycles. The summed E-state index contributed by atoms with van der Waals surface area (Å²) in [6, 6.07) is 24.0. The molecule has 3 aromatic carbocycles. The summed E-state index contributed by atoms with van der Waals surface area (Å²) in [5, 5.41) is 0.908. The van der Waals surface area contributed by atoms with Crippen molar-refractivity contribution in [2.45, 2.75) is 18.3 Å². The first kappa shape index (κ1) is 26.1. The second-order valence-electron chi connectivity index (χ2n) is 9.73. The van der Waals surface area contributed by atoms with Gasteiger partial charge in [0.15, 0.2) is 0 Å². The van der Waals surface area contributed by atoms with Crippen molar-refractivity contribution >= 4 is 44.1 Å². The van der Waals surface area contributed by atoms with Crippen LogP contribution in [0.2, 0.25) is 0 Å². The number of anilines is 1. The molecule has 1 aromatic heterocycles. The van der Waals surface area contributed by atoms with Gasteiger partial charge in [-0.15, -0.1) is 0 Å². The van der Waals surface area contributed by atoms with Crippen molar-refractivity contribution in [2.75, 3.05) is 45.8 Å². The van der Waals surface area contributed by atoms with Gasteiger partial charge in [-0.25, -0.2) is 0 Å². The van der Waals surface area contributed by atoms with E-state index in [1.807, 2.05) is 60.5 Å². The Morgan fingerprint density at radius 1 is 0.947 bits per heavy atom. The second kappa shape index (κ2) is 11.0. The van der Waals surface area contributed by atoms with Gasteiger partial charge in [-0.2, -0.15) is 0 Å². The van der Waals surface area contributed by atoms with Gasteiger partial charge in [-0.3, -0.25) is 0 Å². The average molecular weight is 571 g/mol. The Morgan fingerprint density at radius 2 is 1.55 bits per heavy atom. The van der Waals surface area contributed by atoms with Gasteiger partial charge in [-0.1, -0.05) is 18.2 Å². The Hall–Kier alpha value is -3.57. The number of rotatable bonds is 7. The van der Waals surface area contributed by atoms with Gasteiger partial charge in [0, 0.05) is 0 Å². The number of ether oxygens (including phenoxy) is 2. The van der Waals surface area contributed by atoms with Crippen molar-refractivity contribution in [2.24, 2.45) is 0 Å². The van der Waals surface area contributed by atoms with E-state index in [-0.39, 0.29) is 11.3 Å². The zero-order chi connectivity index (χ0) is 26.7. The van der Waals surface area contributed by atoms with Crippen LogP contribution in [-0.2, 0) is 5.41 Å². The Labute approximate surface area is 232 Å². The second-order valence-corrected chi connectivity index (χ2v) is 10.6. The van der Waals surface area contributed by atoms with Crippen LogP contribution < -0.4 is 18.9 Å². The third-order valence-corrected chi connectivity index (χ3v) is 8.18. The van der Waals surface area contributed by atoms with Crippen LogP contribution in [0.4, 0.5) is 5.95 Å². The van der Waals surface area contributed by atoms with Crippen molar-refractivity contribution in [3.63, 3.8) is 0 Å². The van der Waals surface area contributed by atoms with Crippen LogP contribution in [0.5, 0.6) is 11.5 Å². The fourth-order valence-corrected chi connectivity index (χ4v) is 5.92. The van der Waals surface area contributed by atoms with Gasteiger partial charge in [0.1, 0.15) is 0 Å². The SMILES string of the molecule is COc1cc2nc(N(C)CC3(c4ccccc4)CCN(C(=O)c4ccccc4)CC3)nc([As])c2cc1OC. The molecule has 0 unspecified atom stereocenters. The molecular weight excluding hydrogens is 539 g/mol. The average Bonchev–Trinajstić information content (AvgIpc) is 2.97. The number of carbonyl (C=O) groups is 1. The number of nitrogens with zero attached hydrogens (tertiary/aromatic N) is 4. The molecule has 0 atom stereocenters. The number of carbonyl (C=O) groups excluding carboxylic acids is 1. The molecule has 2 radical (unpaired) electrons. The number of aromatic nitrogens is 2. The van der Waals surface area contributed by atoms with Crippen LogP contribution in [0.3, 0.4) is 0 Å². The number of amides is 1. The van der Waals surface area contributed by atoms with Gasteiger partial charge in [-0.05, 0) is 0 Å². The molecule has 4 aromatic rings. The van der Waals surface area contributed by atoms with E-state index >= 15 is 0 Å². The van der Waals surface area contributed by atoms with E-state index in [0.29, 0.717) is 30.5 Å². The van der Waals surface area contributed by atoms with Crippen molar-refractivity contribution < 1.29 is 14.3 Å². The van der Waals surface area contributed by atoms with E-state index in [1.165, 1.54) is 5.56 Å². The summed E-state index contributed by atoms with van der Waals surface area (Å²) in [6.45, 7) is 2.12. The number of methoxy groups -OCH3 is 2. The Kier molecular flexibility index (Phi) is 7.57. The molecule has 0 spiro atoms. The molecule has 5 rings (SSSR count). The maximum atomic E-state index is 13.1. The van der Waals surface area contributed by atoms with Gasteiger partial charge in [0.25, 0.3) is 0 Å². The molecule has 194 valence electrons. The number of benzene rings is 3. The number of piperidine rings is 1. The van der Waals surface area contributed by atoms with E-state index in [4.69, 9.17) is 19.4 Å². The molecule has 7 nitrogen and oxygen atoms in total. The number of likely N-dealkylation sites (N-methyl/N-ethyl adjacent to an activating group) is 1. The van der Waals surface area contributed by atoms with E-state index < -0.39 is 0 Å². The Morgan fingerprint density at radius 3 is 2.18 bits per heavy atom. The minimum absolute atomic E-state index is 0.0937. The summed E-state index contributed by atoms with van der Waals surface area (Å²) in [5.41, 5.74) is 2.68. The predicted octanol–water partition coefficient (Wildman–Crippen LogP) is 3.75. The molecule has 38 heavy (non-hydrogen) atoms. The summed E-state index contributed by atoms with van der Waals surface area (Å²) in [5.74, 6) is 2.03. The quantitative estimate of drug-likeness (QED) is 0.316. The molecule has 1 amide bonds. The number of hydrogen-bond donors (Lipinski definition) is 0. The fourth-order valence-electron chi connectivity index (χ4n) is 5.35. The first-order valence-electron chi connectivity index (χ1n) is 12.7. The topological polar surface area (TPSA) is 67.8 Å². The molecule has 1 aliphatic rings. The summed E-state index contributed by atoms with van der Waals surface area (Å²) in [4.78, 5) is 27.0. The monoisotopic (exact) mass is 570 g/mol. The van der Waals surface area contributed by atoms with Gasteiger partial charge < -0.3 is 0 Å². The van der Waals surface area contributed by atoms with Crippen LogP contribution in [-0.4, -0.2) is 78.5 Å². The van der Waals surface area contributed by atoms with E-state index in [1.54, 1.807) is 14.2 Å². The number of fused-ring (bicyclic) bond motifs is 1. The molecule has 1 aliphatic heterocycles. The van der Waals surface area contributed by atoms with Crippen LogP contribution in [0.25, 0.3) is 10.9 Å². The zero-order valence-corrected chi connectivity index (χ0v) is 23.8. The molecule has 0 aliphatic carbocycles. The molecule has 0 N–H and O–H groups in total. The first-order valence-corrected chi connectivity index (χ1v) is 13.6. The predicted molar refractivity (Wildman–Crippen MR) is 151 cm³/mol.